The van der Waals surface area contributed by atoms with Crippen LogP contribution in [0.15, 0.2) is 60.8 Å². The summed E-state index contributed by atoms with van der Waals surface area (Å²) in [6.45, 7) is 2.08. The van der Waals surface area contributed by atoms with E-state index in [1.807, 2.05) is 35.0 Å². The van der Waals surface area contributed by atoms with Crippen LogP contribution in [0.25, 0.3) is 28.0 Å². The highest BCUT2D eigenvalue weighted by atomic mass is 16.5. The Morgan fingerprint density at radius 1 is 0.786 bits per heavy atom. The molecule has 4 rings (SSSR count). The smallest absolute Gasteiger partial charge is 0.203 e. The Balaban J connectivity index is 1.87. The molecule has 0 spiro atoms. The molecular formula is C23H22N2O3. The lowest BCUT2D eigenvalue weighted by Gasteiger charge is -2.15. The van der Waals surface area contributed by atoms with Gasteiger partial charge in [-0.2, -0.15) is 0 Å². The fourth-order valence-electron chi connectivity index (χ4n) is 3.31. The molecule has 2 aromatic carbocycles. The second-order valence-corrected chi connectivity index (χ2v) is 6.54. The molecule has 0 saturated carbocycles. The summed E-state index contributed by atoms with van der Waals surface area (Å²) in [6, 6.07) is 18.4. The maximum Gasteiger partial charge on any atom is 0.203 e. The molecule has 0 aliphatic carbocycles. The van der Waals surface area contributed by atoms with Crippen molar-refractivity contribution in [1.82, 2.24) is 9.55 Å². The van der Waals surface area contributed by atoms with Gasteiger partial charge in [0.25, 0.3) is 0 Å². The van der Waals surface area contributed by atoms with E-state index >= 15 is 0 Å². The summed E-state index contributed by atoms with van der Waals surface area (Å²) >= 11 is 0. The van der Waals surface area contributed by atoms with Gasteiger partial charge in [-0.3, -0.25) is 0 Å². The topological polar surface area (TPSA) is 45.5 Å². The monoisotopic (exact) mass is 374 g/mol. The summed E-state index contributed by atoms with van der Waals surface area (Å²) < 4.78 is 18.4. The van der Waals surface area contributed by atoms with Crippen LogP contribution in [0.4, 0.5) is 0 Å². The average molecular weight is 374 g/mol. The minimum atomic E-state index is 0.568. The Bertz CT molecular complexity index is 1110. The molecule has 142 valence electrons. The fraction of sp³-hybridized carbons (Fsp3) is 0.174. The molecule has 5 heteroatoms. The highest BCUT2D eigenvalue weighted by Crippen LogP contribution is 2.40. The second kappa shape index (κ2) is 7.27. The number of aromatic nitrogens is 2. The zero-order chi connectivity index (χ0) is 19.7. The van der Waals surface area contributed by atoms with Crippen LogP contribution in [-0.2, 0) is 0 Å². The summed E-state index contributed by atoms with van der Waals surface area (Å²) in [7, 11) is 4.83. The molecule has 0 N–H and O–H groups in total. The molecule has 0 saturated heterocycles. The van der Waals surface area contributed by atoms with E-state index in [0.29, 0.717) is 17.2 Å². The molecule has 0 fully saturated rings. The van der Waals surface area contributed by atoms with Crippen molar-refractivity contribution in [3.63, 3.8) is 0 Å². The summed E-state index contributed by atoms with van der Waals surface area (Å²) in [5.41, 5.74) is 5.00. The van der Waals surface area contributed by atoms with Gasteiger partial charge in [0.15, 0.2) is 11.5 Å². The molecule has 0 atom stereocenters. The van der Waals surface area contributed by atoms with Gasteiger partial charge in [0.1, 0.15) is 5.65 Å². The Morgan fingerprint density at radius 3 is 2.07 bits per heavy atom. The molecule has 0 amide bonds. The number of nitrogens with zero attached hydrogens (tertiary/aromatic N) is 2. The third kappa shape index (κ3) is 3.05. The summed E-state index contributed by atoms with van der Waals surface area (Å²) in [5.74, 6) is 1.78. The van der Waals surface area contributed by atoms with Crippen LogP contribution in [0.5, 0.6) is 17.2 Å². The van der Waals surface area contributed by atoms with Crippen LogP contribution in [0.3, 0.4) is 0 Å². The molecular weight excluding hydrogens is 352 g/mol. The van der Waals surface area contributed by atoms with Gasteiger partial charge >= 0.3 is 0 Å². The number of benzene rings is 2. The number of hydrogen-bond donors (Lipinski definition) is 0. The van der Waals surface area contributed by atoms with Gasteiger partial charge in [-0.15, -0.1) is 0 Å². The van der Waals surface area contributed by atoms with Crippen molar-refractivity contribution in [1.29, 1.82) is 0 Å². The molecule has 2 aromatic heterocycles. The number of aryl methyl sites for hydroxylation is 1. The number of hydrogen-bond acceptors (Lipinski definition) is 4. The van der Waals surface area contributed by atoms with E-state index in [9.17, 15) is 0 Å². The summed E-state index contributed by atoms with van der Waals surface area (Å²) in [6.07, 6.45) is 2.00. The first kappa shape index (κ1) is 17.9. The normalized spacial score (nSPS) is 10.9. The Hall–Kier alpha value is -3.47. The van der Waals surface area contributed by atoms with Crippen molar-refractivity contribution >= 4 is 11.0 Å². The van der Waals surface area contributed by atoms with Crippen molar-refractivity contribution in [3.05, 3.63) is 66.4 Å². The average Bonchev–Trinajstić information content (AvgIpc) is 3.16. The molecule has 0 unspecified atom stereocenters. The number of ether oxygens (including phenoxy) is 3. The maximum absolute atomic E-state index is 5.49. The van der Waals surface area contributed by atoms with Gasteiger partial charge in [0.2, 0.25) is 5.75 Å². The van der Waals surface area contributed by atoms with Crippen LogP contribution in [0.2, 0.25) is 0 Å². The molecule has 0 aliphatic heterocycles. The lowest BCUT2D eigenvalue weighted by Crippen LogP contribution is -2.00. The van der Waals surface area contributed by atoms with Gasteiger partial charge in [-0.05, 0) is 25.1 Å². The van der Waals surface area contributed by atoms with E-state index in [-0.39, 0.29) is 0 Å². The van der Waals surface area contributed by atoms with Gasteiger partial charge in [0, 0.05) is 29.3 Å². The van der Waals surface area contributed by atoms with Crippen molar-refractivity contribution in [2.45, 2.75) is 6.92 Å². The Morgan fingerprint density at radius 2 is 1.46 bits per heavy atom. The van der Waals surface area contributed by atoms with Crippen molar-refractivity contribution < 1.29 is 14.2 Å². The molecule has 0 radical (unpaired) electrons. The van der Waals surface area contributed by atoms with Gasteiger partial charge < -0.3 is 18.8 Å². The number of methoxy groups -OCH3 is 3. The second-order valence-electron chi connectivity index (χ2n) is 6.54. The van der Waals surface area contributed by atoms with Crippen LogP contribution in [0.1, 0.15) is 5.56 Å². The quantitative estimate of drug-likeness (QED) is 0.492. The third-order valence-electron chi connectivity index (χ3n) is 4.81. The van der Waals surface area contributed by atoms with Crippen LogP contribution in [-0.4, -0.2) is 30.9 Å². The van der Waals surface area contributed by atoms with Gasteiger partial charge in [-0.25, -0.2) is 4.98 Å². The zero-order valence-corrected chi connectivity index (χ0v) is 16.4. The number of rotatable bonds is 5. The first-order valence-electron chi connectivity index (χ1n) is 9.00. The largest absolute Gasteiger partial charge is 0.493 e. The van der Waals surface area contributed by atoms with Crippen LogP contribution < -0.4 is 14.2 Å². The number of pyridine rings is 1. The first-order chi connectivity index (χ1) is 13.6. The van der Waals surface area contributed by atoms with Crippen LogP contribution >= 0.6 is 0 Å². The highest BCUT2D eigenvalue weighted by Gasteiger charge is 2.15. The Labute approximate surface area is 164 Å². The minimum absolute atomic E-state index is 0.568. The molecule has 2 heterocycles. The Kier molecular flexibility index (Phi) is 4.65. The van der Waals surface area contributed by atoms with Crippen molar-refractivity contribution in [3.8, 4) is 34.2 Å². The first-order valence-corrected chi connectivity index (χ1v) is 9.00. The minimum Gasteiger partial charge on any atom is -0.493 e. The molecule has 0 aliphatic rings. The van der Waals surface area contributed by atoms with E-state index in [1.165, 1.54) is 5.56 Å². The highest BCUT2D eigenvalue weighted by molar-refractivity contribution is 5.81. The standard InChI is InChI=1S/C23H22N2O3/c1-15-5-7-16(8-6-15)19-10-9-17-11-12-25(23(17)24-19)18-13-20(26-2)22(28-4)21(14-18)27-3/h5-14H,1-4H3. The van der Waals surface area contributed by atoms with E-state index < -0.39 is 0 Å². The van der Waals surface area contributed by atoms with E-state index in [4.69, 9.17) is 19.2 Å². The number of fused-ring (bicyclic) bond motifs is 1. The lowest BCUT2D eigenvalue weighted by atomic mass is 10.1. The van der Waals surface area contributed by atoms with E-state index in [0.717, 1.165) is 28.0 Å². The zero-order valence-electron chi connectivity index (χ0n) is 16.4. The van der Waals surface area contributed by atoms with Crippen LogP contribution in [0, 0.1) is 6.92 Å². The van der Waals surface area contributed by atoms with E-state index in [1.54, 1.807) is 21.3 Å². The predicted octanol–water partition coefficient (Wildman–Crippen LogP) is 5.03. The summed E-state index contributed by atoms with van der Waals surface area (Å²) in [5, 5.41) is 1.06. The summed E-state index contributed by atoms with van der Waals surface area (Å²) in [4.78, 5) is 4.92. The maximum atomic E-state index is 5.49. The molecule has 28 heavy (non-hydrogen) atoms. The van der Waals surface area contributed by atoms with Crippen molar-refractivity contribution in [2.24, 2.45) is 0 Å². The lowest BCUT2D eigenvalue weighted by molar-refractivity contribution is 0.324. The predicted molar refractivity (Wildman–Crippen MR) is 111 cm³/mol. The van der Waals surface area contributed by atoms with Gasteiger partial charge in [0.05, 0.1) is 32.7 Å². The third-order valence-corrected chi connectivity index (χ3v) is 4.81. The van der Waals surface area contributed by atoms with Crippen molar-refractivity contribution in [2.75, 3.05) is 21.3 Å². The van der Waals surface area contributed by atoms with E-state index in [2.05, 4.69) is 37.3 Å². The van der Waals surface area contributed by atoms with Gasteiger partial charge in [-0.1, -0.05) is 29.8 Å². The molecule has 0 bridgehead atoms. The SMILES string of the molecule is COc1cc(-n2ccc3ccc(-c4ccc(C)cc4)nc32)cc(OC)c1OC. The molecule has 4 aromatic rings. The molecule has 5 nitrogen and oxygen atoms in total. The fourth-order valence-corrected chi connectivity index (χ4v) is 3.31.